The van der Waals surface area contributed by atoms with Crippen LogP contribution in [0.4, 0.5) is 4.39 Å². The van der Waals surface area contributed by atoms with E-state index in [2.05, 4.69) is 20.6 Å². The summed E-state index contributed by atoms with van der Waals surface area (Å²) in [5.41, 5.74) is 2.96. The van der Waals surface area contributed by atoms with Gasteiger partial charge in [-0.2, -0.15) is 0 Å². The Labute approximate surface area is 187 Å². The average molecular weight is 506 g/mol. The van der Waals surface area contributed by atoms with E-state index in [1.807, 2.05) is 48.5 Å². The van der Waals surface area contributed by atoms with Gasteiger partial charge in [-0.1, -0.05) is 42.5 Å². The third-order valence-corrected chi connectivity index (χ3v) is 4.06. The van der Waals surface area contributed by atoms with Crippen LogP contribution in [-0.4, -0.2) is 18.0 Å². The Kier molecular flexibility index (Phi) is 9.36. The second kappa shape index (κ2) is 12.0. The summed E-state index contributed by atoms with van der Waals surface area (Å²) in [5.74, 6) is 0.959. The van der Waals surface area contributed by atoms with Crippen molar-refractivity contribution in [2.45, 2.75) is 19.7 Å². The zero-order valence-corrected chi connectivity index (χ0v) is 18.5. The van der Waals surface area contributed by atoms with Crippen LogP contribution >= 0.6 is 24.0 Å². The Hall–Kier alpha value is -2.68. The molecule has 0 unspecified atom stereocenters. The lowest BCUT2D eigenvalue weighted by atomic mass is 10.2. The van der Waals surface area contributed by atoms with Gasteiger partial charge in [0.2, 0.25) is 5.88 Å². The van der Waals surface area contributed by atoms with Crippen molar-refractivity contribution in [1.82, 2.24) is 15.6 Å². The Morgan fingerprint density at radius 2 is 1.62 bits per heavy atom. The molecule has 0 saturated carbocycles. The highest BCUT2D eigenvalue weighted by Crippen LogP contribution is 2.12. The van der Waals surface area contributed by atoms with Crippen LogP contribution in [0, 0.1) is 5.82 Å². The Bertz CT molecular complexity index is 921. The third kappa shape index (κ3) is 7.69. The largest absolute Gasteiger partial charge is 0.473 e. The molecule has 0 bridgehead atoms. The minimum Gasteiger partial charge on any atom is -0.473 e. The summed E-state index contributed by atoms with van der Waals surface area (Å²) >= 11 is 0. The maximum absolute atomic E-state index is 13.3. The van der Waals surface area contributed by atoms with Gasteiger partial charge in [-0.25, -0.2) is 9.37 Å². The first kappa shape index (κ1) is 22.6. The number of pyridine rings is 1. The molecule has 0 atom stereocenters. The highest BCUT2D eigenvalue weighted by Gasteiger charge is 2.03. The van der Waals surface area contributed by atoms with E-state index < -0.39 is 0 Å². The maximum Gasteiger partial charge on any atom is 0.213 e. The first-order valence-electron chi connectivity index (χ1n) is 9.03. The van der Waals surface area contributed by atoms with Crippen molar-refractivity contribution in [1.29, 1.82) is 0 Å². The monoisotopic (exact) mass is 506 g/mol. The summed E-state index contributed by atoms with van der Waals surface area (Å²) in [6.45, 7) is 1.52. The van der Waals surface area contributed by atoms with Crippen LogP contribution < -0.4 is 15.4 Å². The molecule has 29 heavy (non-hydrogen) atoms. The quantitative estimate of drug-likeness (QED) is 0.286. The van der Waals surface area contributed by atoms with E-state index in [9.17, 15) is 4.39 Å². The van der Waals surface area contributed by atoms with E-state index in [-0.39, 0.29) is 29.8 Å². The molecular weight excluding hydrogens is 482 g/mol. The smallest absolute Gasteiger partial charge is 0.213 e. The van der Waals surface area contributed by atoms with Gasteiger partial charge in [-0.15, -0.1) is 24.0 Å². The van der Waals surface area contributed by atoms with Gasteiger partial charge in [0.05, 0.1) is 0 Å². The number of aromatic nitrogens is 1. The number of nitrogens with one attached hydrogen (secondary N) is 2. The van der Waals surface area contributed by atoms with Gasteiger partial charge in [0.25, 0.3) is 0 Å². The normalized spacial score (nSPS) is 10.8. The van der Waals surface area contributed by atoms with Gasteiger partial charge >= 0.3 is 0 Å². The van der Waals surface area contributed by atoms with Gasteiger partial charge < -0.3 is 15.4 Å². The highest BCUT2D eigenvalue weighted by atomic mass is 127. The highest BCUT2D eigenvalue weighted by molar-refractivity contribution is 14.0. The fourth-order valence-electron chi connectivity index (χ4n) is 2.61. The van der Waals surface area contributed by atoms with Gasteiger partial charge in [0.1, 0.15) is 12.4 Å². The minimum absolute atomic E-state index is 0. The first-order valence-corrected chi connectivity index (χ1v) is 9.03. The van der Waals surface area contributed by atoms with E-state index in [0.29, 0.717) is 31.5 Å². The minimum atomic E-state index is -0.248. The second-order valence-electron chi connectivity index (χ2n) is 6.19. The van der Waals surface area contributed by atoms with Crippen molar-refractivity contribution in [3.8, 4) is 5.88 Å². The molecule has 0 aliphatic rings. The number of ether oxygens (including phenoxy) is 1. The van der Waals surface area contributed by atoms with Crippen molar-refractivity contribution in [3.05, 3.63) is 95.4 Å². The van der Waals surface area contributed by atoms with Crippen molar-refractivity contribution in [3.63, 3.8) is 0 Å². The molecule has 0 aliphatic carbocycles. The third-order valence-electron chi connectivity index (χ3n) is 4.06. The number of benzene rings is 2. The summed E-state index contributed by atoms with van der Waals surface area (Å²) in [5, 5.41) is 6.40. The van der Waals surface area contributed by atoms with Crippen molar-refractivity contribution >= 4 is 29.9 Å². The SMILES string of the molecule is CN=C(NCc1cccc(F)c1)NCc1ccnc(OCc2ccccc2)c1.I. The maximum atomic E-state index is 13.3. The Balaban J connectivity index is 0.00000300. The first-order chi connectivity index (χ1) is 13.7. The van der Waals surface area contributed by atoms with E-state index in [1.54, 1.807) is 19.3 Å². The summed E-state index contributed by atoms with van der Waals surface area (Å²) in [6.07, 6.45) is 1.72. The van der Waals surface area contributed by atoms with Crippen LogP contribution in [0.1, 0.15) is 16.7 Å². The number of halogens is 2. The van der Waals surface area contributed by atoms with Crippen LogP contribution in [0.3, 0.4) is 0 Å². The van der Waals surface area contributed by atoms with Crippen molar-refractivity contribution in [2.75, 3.05) is 7.05 Å². The number of guanidine groups is 1. The molecule has 0 radical (unpaired) electrons. The Morgan fingerprint density at radius 1 is 0.931 bits per heavy atom. The molecule has 2 aromatic carbocycles. The standard InChI is InChI=1S/C22H23FN4O.HI/c1-24-22(26-14-18-8-5-9-20(23)12-18)27-15-19-10-11-25-21(13-19)28-16-17-6-3-2-4-7-17;/h2-13H,14-16H2,1H3,(H2,24,26,27);1H. The molecular formula is C22H24FIN4O. The molecule has 0 amide bonds. The molecule has 0 fully saturated rings. The molecule has 3 rings (SSSR count). The van der Waals surface area contributed by atoms with Gasteiger partial charge in [0, 0.05) is 32.4 Å². The Morgan fingerprint density at radius 3 is 2.31 bits per heavy atom. The zero-order valence-electron chi connectivity index (χ0n) is 16.1. The number of nitrogens with zero attached hydrogens (tertiary/aromatic N) is 2. The number of hydrogen-bond acceptors (Lipinski definition) is 3. The zero-order chi connectivity index (χ0) is 19.6. The fourth-order valence-corrected chi connectivity index (χ4v) is 2.61. The van der Waals surface area contributed by atoms with E-state index >= 15 is 0 Å². The topological polar surface area (TPSA) is 58.5 Å². The molecule has 0 saturated heterocycles. The summed E-state index contributed by atoms with van der Waals surface area (Å²) < 4.78 is 19.0. The summed E-state index contributed by atoms with van der Waals surface area (Å²) in [6, 6.07) is 20.3. The van der Waals surface area contributed by atoms with Crippen LogP contribution in [0.2, 0.25) is 0 Å². The summed E-state index contributed by atoms with van der Waals surface area (Å²) in [4.78, 5) is 8.45. The van der Waals surface area contributed by atoms with Gasteiger partial charge in [-0.3, -0.25) is 4.99 Å². The lowest BCUT2D eigenvalue weighted by molar-refractivity contribution is 0.293. The average Bonchev–Trinajstić information content (AvgIpc) is 2.73. The van der Waals surface area contributed by atoms with Crippen LogP contribution in [0.15, 0.2) is 77.9 Å². The molecule has 0 spiro atoms. The van der Waals surface area contributed by atoms with Gasteiger partial charge in [0.15, 0.2) is 5.96 Å². The number of rotatable bonds is 7. The van der Waals surface area contributed by atoms with Crippen LogP contribution in [-0.2, 0) is 19.7 Å². The number of aliphatic imine (C=N–C) groups is 1. The molecule has 5 nitrogen and oxygen atoms in total. The molecule has 1 aromatic heterocycles. The lowest BCUT2D eigenvalue weighted by Crippen LogP contribution is -2.36. The molecule has 1 heterocycles. The van der Waals surface area contributed by atoms with Crippen LogP contribution in [0.5, 0.6) is 5.88 Å². The van der Waals surface area contributed by atoms with E-state index in [1.165, 1.54) is 12.1 Å². The number of hydrogen-bond donors (Lipinski definition) is 2. The van der Waals surface area contributed by atoms with Crippen LogP contribution in [0.25, 0.3) is 0 Å². The van der Waals surface area contributed by atoms with E-state index in [0.717, 1.165) is 16.7 Å². The molecule has 3 aromatic rings. The predicted octanol–water partition coefficient (Wildman–Crippen LogP) is 4.28. The summed E-state index contributed by atoms with van der Waals surface area (Å²) in [7, 11) is 1.70. The van der Waals surface area contributed by atoms with E-state index in [4.69, 9.17) is 4.74 Å². The van der Waals surface area contributed by atoms with Crippen molar-refractivity contribution in [2.24, 2.45) is 4.99 Å². The fraction of sp³-hybridized carbons (Fsp3) is 0.182. The van der Waals surface area contributed by atoms with Gasteiger partial charge in [-0.05, 0) is 34.9 Å². The molecule has 152 valence electrons. The second-order valence-corrected chi connectivity index (χ2v) is 6.19. The van der Waals surface area contributed by atoms with Crippen molar-refractivity contribution < 1.29 is 9.13 Å². The molecule has 0 aliphatic heterocycles. The predicted molar refractivity (Wildman–Crippen MR) is 124 cm³/mol. The lowest BCUT2D eigenvalue weighted by Gasteiger charge is -2.13. The molecule has 2 N–H and O–H groups in total. The molecule has 7 heteroatoms.